The molecule has 3 rings (SSSR count). The monoisotopic (exact) mass is 395 g/mol. The Morgan fingerprint density at radius 1 is 1.14 bits per heavy atom. The fourth-order valence-electron chi connectivity index (χ4n) is 2.71. The molecule has 9 heteroatoms. The fraction of sp³-hybridized carbons (Fsp3) is 0.200. The summed E-state index contributed by atoms with van der Waals surface area (Å²) in [5.41, 5.74) is 5.28. The lowest BCUT2D eigenvalue weighted by Crippen LogP contribution is -2.54. The summed E-state index contributed by atoms with van der Waals surface area (Å²) in [6.07, 6.45) is 0. The van der Waals surface area contributed by atoms with Crippen molar-refractivity contribution in [1.29, 1.82) is 0 Å². The number of carbonyl (C=O) groups excluding carboxylic acids is 3. The Hall–Kier alpha value is -3.88. The normalized spacial score (nSPS) is 13.3. The molecule has 0 saturated carbocycles. The molecule has 0 aliphatic carbocycles. The predicted octanol–water partition coefficient (Wildman–Crippen LogP) is 1.85. The van der Waals surface area contributed by atoms with E-state index in [1.807, 2.05) is 19.1 Å². The number of benzene rings is 2. The van der Waals surface area contributed by atoms with E-state index < -0.39 is 5.91 Å². The standard InChI is InChI=1S/C20H21N5O4/c1-12-4-7-15(8-5-12)25-18(27)11-21-19(24-25)20(28)23-14-6-9-17(29-3)16(10-14)22-13(2)26/h4-10H,11H2,1-3H3,(H,21,24)(H,22,26)(H,23,28). The van der Waals surface area contributed by atoms with Crippen LogP contribution in [0.25, 0.3) is 0 Å². The van der Waals surface area contributed by atoms with Gasteiger partial charge >= 0.3 is 0 Å². The van der Waals surface area contributed by atoms with E-state index in [1.54, 1.807) is 30.3 Å². The smallest absolute Gasteiger partial charge is 0.292 e. The molecule has 0 radical (unpaired) electrons. The van der Waals surface area contributed by atoms with Crippen molar-refractivity contribution < 1.29 is 19.1 Å². The van der Waals surface area contributed by atoms with Gasteiger partial charge in [-0.2, -0.15) is 0 Å². The Morgan fingerprint density at radius 2 is 1.86 bits per heavy atom. The summed E-state index contributed by atoms with van der Waals surface area (Å²) in [6.45, 7) is 3.17. The number of aliphatic imine (C=N–C) groups is 1. The van der Waals surface area contributed by atoms with Crippen molar-refractivity contribution in [3.63, 3.8) is 0 Å². The van der Waals surface area contributed by atoms with Crippen LogP contribution in [0.5, 0.6) is 5.75 Å². The molecule has 0 atom stereocenters. The number of ether oxygens (including phenoxy) is 1. The van der Waals surface area contributed by atoms with E-state index in [1.165, 1.54) is 19.0 Å². The first-order valence-corrected chi connectivity index (χ1v) is 8.85. The van der Waals surface area contributed by atoms with Gasteiger partial charge in [0.2, 0.25) is 11.7 Å². The van der Waals surface area contributed by atoms with Crippen LogP contribution >= 0.6 is 0 Å². The molecule has 1 aliphatic heterocycles. The Morgan fingerprint density at radius 3 is 2.52 bits per heavy atom. The molecule has 0 saturated heterocycles. The number of hydrogen-bond acceptors (Lipinski definition) is 6. The van der Waals surface area contributed by atoms with E-state index >= 15 is 0 Å². The van der Waals surface area contributed by atoms with Gasteiger partial charge in [-0.15, -0.1) is 0 Å². The zero-order valence-corrected chi connectivity index (χ0v) is 16.3. The molecule has 150 valence electrons. The van der Waals surface area contributed by atoms with Crippen molar-refractivity contribution in [1.82, 2.24) is 5.43 Å². The first-order chi connectivity index (χ1) is 13.9. The van der Waals surface area contributed by atoms with Crippen LogP contribution in [-0.2, 0) is 14.4 Å². The maximum atomic E-state index is 12.6. The van der Waals surface area contributed by atoms with Crippen LogP contribution in [0, 0.1) is 6.92 Å². The molecule has 0 aromatic heterocycles. The van der Waals surface area contributed by atoms with Gasteiger partial charge in [-0.3, -0.25) is 24.8 Å². The number of anilines is 3. The van der Waals surface area contributed by atoms with E-state index in [0.29, 0.717) is 22.8 Å². The quantitative estimate of drug-likeness (QED) is 0.715. The molecule has 0 unspecified atom stereocenters. The zero-order valence-electron chi connectivity index (χ0n) is 16.3. The van der Waals surface area contributed by atoms with Gasteiger partial charge < -0.3 is 15.4 Å². The second-order valence-corrected chi connectivity index (χ2v) is 6.39. The van der Waals surface area contributed by atoms with E-state index in [0.717, 1.165) is 5.56 Å². The lowest BCUT2D eigenvalue weighted by Gasteiger charge is -2.27. The number of nitrogens with one attached hydrogen (secondary N) is 3. The molecule has 0 spiro atoms. The third-order valence-electron chi connectivity index (χ3n) is 4.11. The van der Waals surface area contributed by atoms with E-state index in [9.17, 15) is 14.4 Å². The van der Waals surface area contributed by atoms with Gasteiger partial charge in [0.25, 0.3) is 11.8 Å². The highest BCUT2D eigenvalue weighted by Gasteiger charge is 2.25. The number of hydrogen-bond donors (Lipinski definition) is 3. The highest BCUT2D eigenvalue weighted by Crippen LogP contribution is 2.28. The van der Waals surface area contributed by atoms with Crippen molar-refractivity contribution in [2.45, 2.75) is 13.8 Å². The van der Waals surface area contributed by atoms with Crippen molar-refractivity contribution >= 4 is 40.6 Å². The summed E-state index contributed by atoms with van der Waals surface area (Å²) in [5.74, 6) is -0.599. The molecule has 0 fully saturated rings. The van der Waals surface area contributed by atoms with Crippen molar-refractivity contribution in [3.05, 3.63) is 48.0 Å². The number of rotatable bonds is 5. The molecule has 3 amide bonds. The lowest BCUT2D eigenvalue weighted by atomic mass is 10.2. The molecule has 1 aliphatic rings. The van der Waals surface area contributed by atoms with Gasteiger partial charge in [-0.1, -0.05) is 17.7 Å². The maximum absolute atomic E-state index is 12.6. The van der Waals surface area contributed by atoms with Gasteiger partial charge in [0.05, 0.1) is 18.5 Å². The van der Waals surface area contributed by atoms with Crippen molar-refractivity contribution in [2.75, 3.05) is 29.3 Å². The Labute approximate surface area is 167 Å². The minimum Gasteiger partial charge on any atom is -0.495 e. The zero-order chi connectivity index (χ0) is 21.0. The second kappa shape index (κ2) is 8.42. The third-order valence-corrected chi connectivity index (χ3v) is 4.11. The van der Waals surface area contributed by atoms with Crippen LogP contribution in [0.3, 0.4) is 0 Å². The van der Waals surface area contributed by atoms with Crippen LogP contribution in [0.2, 0.25) is 0 Å². The van der Waals surface area contributed by atoms with Crippen LogP contribution in [0.4, 0.5) is 17.1 Å². The van der Waals surface area contributed by atoms with Crippen molar-refractivity contribution in [3.8, 4) is 5.75 Å². The van der Waals surface area contributed by atoms with Crippen LogP contribution in [-0.4, -0.2) is 37.2 Å². The summed E-state index contributed by atoms with van der Waals surface area (Å²) in [7, 11) is 1.48. The number of amidine groups is 1. The minimum atomic E-state index is -0.520. The molecule has 1 heterocycles. The number of methoxy groups -OCH3 is 1. The highest BCUT2D eigenvalue weighted by molar-refractivity contribution is 6.43. The lowest BCUT2D eigenvalue weighted by molar-refractivity contribution is -0.118. The van der Waals surface area contributed by atoms with Gasteiger partial charge in [-0.05, 0) is 37.3 Å². The summed E-state index contributed by atoms with van der Waals surface area (Å²) >= 11 is 0. The second-order valence-electron chi connectivity index (χ2n) is 6.39. The van der Waals surface area contributed by atoms with Crippen LogP contribution < -0.4 is 25.8 Å². The average Bonchev–Trinajstić information content (AvgIpc) is 2.69. The summed E-state index contributed by atoms with van der Waals surface area (Å²) in [4.78, 5) is 40.2. The molecule has 0 bridgehead atoms. The highest BCUT2D eigenvalue weighted by atomic mass is 16.5. The Bertz CT molecular complexity index is 985. The number of hydrazine groups is 1. The summed E-state index contributed by atoms with van der Waals surface area (Å²) < 4.78 is 5.20. The topological polar surface area (TPSA) is 112 Å². The summed E-state index contributed by atoms with van der Waals surface area (Å²) in [6, 6.07) is 12.1. The largest absolute Gasteiger partial charge is 0.495 e. The van der Waals surface area contributed by atoms with Gasteiger partial charge in [0, 0.05) is 12.6 Å². The maximum Gasteiger partial charge on any atom is 0.292 e. The molecule has 2 aromatic carbocycles. The molecule has 3 N–H and O–H groups in total. The first-order valence-electron chi connectivity index (χ1n) is 8.85. The Kier molecular flexibility index (Phi) is 5.77. The molecule has 29 heavy (non-hydrogen) atoms. The third kappa shape index (κ3) is 4.70. The predicted molar refractivity (Wildman–Crippen MR) is 110 cm³/mol. The van der Waals surface area contributed by atoms with E-state index in [4.69, 9.17) is 4.74 Å². The molecule has 9 nitrogen and oxygen atoms in total. The van der Waals surface area contributed by atoms with E-state index in [2.05, 4.69) is 21.1 Å². The molecular weight excluding hydrogens is 374 g/mol. The van der Waals surface area contributed by atoms with Crippen molar-refractivity contribution in [2.24, 2.45) is 4.99 Å². The molecular formula is C20H21N5O4. The molecule has 2 aromatic rings. The minimum absolute atomic E-state index is 0.00192. The SMILES string of the molecule is COc1ccc(NC(=O)C2=NCC(=O)N(c3ccc(C)cc3)N2)cc1NC(C)=O. The Balaban J connectivity index is 1.76. The van der Waals surface area contributed by atoms with Gasteiger partial charge in [-0.25, -0.2) is 5.01 Å². The van der Waals surface area contributed by atoms with Gasteiger partial charge in [0.1, 0.15) is 12.3 Å². The van der Waals surface area contributed by atoms with Gasteiger partial charge in [0.15, 0.2) is 0 Å². The number of carbonyl (C=O) groups is 3. The number of amides is 3. The number of aryl methyl sites for hydroxylation is 1. The first kappa shape index (κ1) is 19.9. The van der Waals surface area contributed by atoms with E-state index in [-0.39, 0.29) is 24.2 Å². The fourth-order valence-corrected chi connectivity index (χ4v) is 2.71. The summed E-state index contributed by atoms with van der Waals surface area (Å²) in [5, 5.41) is 6.63. The van der Waals surface area contributed by atoms with Crippen LogP contribution in [0.1, 0.15) is 12.5 Å². The average molecular weight is 395 g/mol. The van der Waals surface area contributed by atoms with Crippen LogP contribution in [0.15, 0.2) is 47.5 Å². The number of nitrogens with zero attached hydrogens (tertiary/aromatic N) is 2.